The van der Waals surface area contributed by atoms with Crippen LogP contribution in [0.1, 0.15) is 71.7 Å². The highest BCUT2D eigenvalue weighted by molar-refractivity contribution is 5.82. The Kier molecular flexibility index (Phi) is 9.53. The van der Waals surface area contributed by atoms with E-state index in [-0.39, 0.29) is 49.1 Å². The number of carbonyl (C=O) groups is 2. The fourth-order valence-electron chi connectivity index (χ4n) is 5.38. The summed E-state index contributed by atoms with van der Waals surface area (Å²) in [5, 5.41) is 17.7. The topological polar surface area (TPSA) is 130 Å². The van der Waals surface area contributed by atoms with E-state index in [0.29, 0.717) is 34.3 Å². The quantitative estimate of drug-likeness (QED) is 0.246. The monoisotopic (exact) mass is 566 g/mol. The third-order valence-corrected chi connectivity index (χ3v) is 7.55. The summed E-state index contributed by atoms with van der Waals surface area (Å²) in [4.78, 5) is 33.6. The number of hydrogen-bond acceptors (Lipinski definition) is 10. The number of ketones is 2. The third kappa shape index (κ3) is 7.78. The molecular weight excluding hydrogens is 532 g/mol. The van der Waals surface area contributed by atoms with Crippen molar-refractivity contribution >= 4 is 11.6 Å². The van der Waals surface area contributed by atoms with Crippen molar-refractivity contribution in [1.29, 1.82) is 0 Å². The molecule has 0 radical (unpaired) electrons. The van der Waals surface area contributed by atoms with E-state index in [1.54, 1.807) is 50.9 Å². The van der Waals surface area contributed by atoms with Crippen molar-refractivity contribution in [2.75, 3.05) is 14.2 Å². The molecule has 0 bridgehead atoms. The highest BCUT2D eigenvalue weighted by Gasteiger charge is 2.27. The molecule has 0 aromatic carbocycles. The van der Waals surface area contributed by atoms with Crippen LogP contribution in [0.5, 0.6) is 11.5 Å². The second-order valence-corrected chi connectivity index (χ2v) is 10.6. The first-order chi connectivity index (χ1) is 20.5. The van der Waals surface area contributed by atoms with E-state index in [2.05, 4.69) is 30.4 Å². The number of carbonyl (C=O) groups excluding carboxylic acids is 2. The zero-order valence-electron chi connectivity index (χ0n) is 23.9. The molecule has 2 atom stereocenters. The molecule has 4 heterocycles. The van der Waals surface area contributed by atoms with Crippen LogP contribution in [-0.4, -0.2) is 56.1 Å². The van der Waals surface area contributed by atoms with Crippen molar-refractivity contribution in [2.24, 2.45) is 0 Å². The molecule has 0 unspecified atom stereocenters. The van der Waals surface area contributed by atoms with Crippen LogP contribution < -0.4 is 9.47 Å². The molecule has 1 aliphatic rings. The predicted molar refractivity (Wildman–Crippen MR) is 154 cm³/mol. The fraction of sp³-hybridized carbons (Fsp3) is 0.375. The Bertz CT molecular complexity index is 1400. The summed E-state index contributed by atoms with van der Waals surface area (Å²) in [7, 11) is 3.18. The molecule has 0 spiro atoms. The van der Waals surface area contributed by atoms with Crippen LogP contribution in [0.2, 0.25) is 0 Å². The molecule has 0 aliphatic heterocycles. The average molecular weight is 567 g/mol. The van der Waals surface area contributed by atoms with Gasteiger partial charge in [0.2, 0.25) is 0 Å². The van der Waals surface area contributed by atoms with E-state index in [4.69, 9.17) is 9.47 Å². The molecule has 0 N–H and O–H groups in total. The first kappa shape index (κ1) is 28.9. The van der Waals surface area contributed by atoms with Gasteiger partial charge >= 0.3 is 0 Å². The summed E-state index contributed by atoms with van der Waals surface area (Å²) in [5.41, 5.74) is 4.52. The van der Waals surface area contributed by atoms with Gasteiger partial charge in [-0.25, -0.2) is 0 Å². The standard InChI is InChI=1S/C32H34N6O4/c1-41-29-10-12-33-25(19-29)17-27(39)15-23-6-8-31(37-35-23)21-4-3-5-22(14-21)32-9-7-24(36-38-32)16-28(40)18-26-20-30(42-2)11-13-34-26/h6-13,19-22H,3-5,14-18H2,1-2H3/t21-,22-/m1/s1. The first-order valence-corrected chi connectivity index (χ1v) is 14.1. The van der Waals surface area contributed by atoms with E-state index in [1.165, 1.54) is 0 Å². The number of hydrogen-bond donors (Lipinski definition) is 0. The van der Waals surface area contributed by atoms with Gasteiger partial charge in [-0.15, -0.1) is 0 Å². The molecule has 10 heteroatoms. The zero-order chi connectivity index (χ0) is 29.3. The van der Waals surface area contributed by atoms with Gasteiger partial charge in [-0.3, -0.25) is 19.6 Å². The molecule has 216 valence electrons. The normalized spacial score (nSPS) is 16.5. The van der Waals surface area contributed by atoms with Crippen LogP contribution in [0.4, 0.5) is 0 Å². The lowest BCUT2D eigenvalue weighted by molar-refractivity contribution is -0.118. The Morgan fingerprint density at radius 2 is 1.10 bits per heavy atom. The molecule has 1 fully saturated rings. The lowest BCUT2D eigenvalue weighted by atomic mass is 9.78. The maximum Gasteiger partial charge on any atom is 0.144 e. The molecule has 0 saturated heterocycles. The predicted octanol–water partition coefficient (Wildman–Crippen LogP) is 4.22. The lowest BCUT2D eigenvalue weighted by Crippen LogP contribution is -2.17. The van der Waals surface area contributed by atoms with E-state index in [0.717, 1.165) is 37.1 Å². The molecule has 1 aliphatic carbocycles. The summed E-state index contributed by atoms with van der Waals surface area (Å²) >= 11 is 0. The summed E-state index contributed by atoms with van der Waals surface area (Å²) < 4.78 is 10.4. The van der Waals surface area contributed by atoms with E-state index >= 15 is 0 Å². The maximum absolute atomic E-state index is 12.6. The van der Waals surface area contributed by atoms with Gasteiger partial charge in [0.25, 0.3) is 0 Å². The van der Waals surface area contributed by atoms with Crippen molar-refractivity contribution in [2.45, 2.75) is 63.2 Å². The first-order valence-electron chi connectivity index (χ1n) is 14.1. The van der Waals surface area contributed by atoms with Crippen LogP contribution in [0, 0.1) is 0 Å². The summed E-state index contributed by atoms with van der Waals surface area (Å²) in [6.45, 7) is 0. The van der Waals surface area contributed by atoms with Gasteiger partial charge in [0, 0.05) is 49.2 Å². The van der Waals surface area contributed by atoms with Gasteiger partial charge in [0.05, 0.1) is 61.2 Å². The molecular formula is C32H34N6O4. The van der Waals surface area contributed by atoms with Crippen LogP contribution in [0.3, 0.4) is 0 Å². The SMILES string of the molecule is COc1ccnc(CC(=O)Cc2ccc([C@@H]3CCC[C@@H](c4ccc(CC(=O)Cc5cc(OC)ccn5)nn4)C3)nn2)c1. The van der Waals surface area contributed by atoms with E-state index < -0.39 is 0 Å². The summed E-state index contributed by atoms with van der Waals surface area (Å²) in [6, 6.07) is 14.8. The van der Waals surface area contributed by atoms with Gasteiger partial charge < -0.3 is 9.47 Å². The number of Topliss-reactive ketones (excluding diaryl/α,β-unsaturated/α-hetero) is 2. The minimum atomic E-state index is 0.0243. The van der Waals surface area contributed by atoms with Crippen molar-refractivity contribution < 1.29 is 19.1 Å². The van der Waals surface area contributed by atoms with Gasteiger partial charge in [-0.1, -0.05) is 6.42 Å². The van der Waals surface area contributed by atoms with Gasteiger partial charge in [-0.2, -0.15) is 20.4 Å². The van der Waals surface area contributed by atoms with Crippen molar-refractivity contribution in [3.63, 3.8) is 0 Å². The van der Waals surface area contributed by atoms with Gasteiger partial charge in [-0.05, 0) is 55.7 Å². The number of aromatic nitrogens is 6. The minimum absolute atomic E-state index is 0.0243. The number of ether oxygens (including phenoxy) is 2. The van der Waals surface area contributed by atoms with E-state index in [9.17, 15) is 9.59 Å². The number of rotatable bonds is 12. The van der Waals surface area contributed by atoms with Gasteiger partial charge in [0.1, 0.15) is 23.1 Å². The van der Waals surface area contributed by atoms with Crippen LogP contribution >= 0.6 is 0 Å². The highest BCUT2D eigenvalue weighted by Crippen LogP contribution is 2.39. The molecule has 1 saturated carbocycles. The number of pyridine rings is 2. The highest BCUT2D eigenvalue weighted by atomic mass is 16.5. The van der Waals surface area contributed by atoms with E-state index in [1.807, 2.05) is 24.3 Å². The Balaban J connectivity index is 1.13. The zero-order valence-corrected chi connectivity index (χ0v) is 23.9. The van der Waals surface area contributed by atoms with Crippen LogP contribution in [-0.2, 0) is 35.3 Å². The Hall–Kier alpha value is -4.60. The fourth-order valence-corrected chi connectivity index (χ4v) is 5.38. The van der Waals surface area contributed by atoms with Crippen molar-refractivity contribution in [3.8, 4) is 11.5 Å². The Morgan fingerprint density at radius 1 is 0.643 bits per heavy atom. The van der Waals surface area contributed by atoms with Crippen molar-refractivity contribution in [3.05, 3.63) is 95.1 Å². The Morgan fingerprint density at radius 3 is 1.50 bits per heavy atom. The largest absolute Gasteiger partial charge is 0.497 e. The molecule has 10 nitrogen and oxygen atoms in total. The molecule has 42 heavy (non-hydrogen) atoms. The Labute approximate surface area is 245 Å². The minimum Gasteiger partial charge on any atom is -0.497 e. The average Bonchev–Trinajstić information content (AvgIpc) is 3.02. The lowest BCUT2D eigenvalue weighted by Gasteiger charge is -2.28. The molecule has 4 aromatic heterocycles. The second kappa shape index (κ2) is 13.8. The van der Waals surface area contributed by atoms with Crippen LogP contribution in [0.15, 0.2) is 60.9 Å². The summed E-state index contributed by atoms with van der Waals surface area (Å²) in [6.07, 6.45) is 8.15. The van der Waals surface area contributed by atoms with Crippen molar-refractivity contribution in [1.82, 2.24) is 30.4 Å². The molecule has 0 amide bonds. The smallest absolute Gasteiger partial charge is 0.144 e. The molecule has 5 rings (SSSR count). The second-order valence-electron chi connectivity index (χ2n) is 10.6. The number of methoxy groups -OCH3 is 2. The number of nitrogens with zero attached hydrogens (tertiary/aromatic N) is 6. The van der Waals surface area contributed by atoms with Crippen LogP contribution in [0.25, 0.3) is 0 Å². The third-order valence-electron chi connectivity index (χ3n) is 7.55. The summed E-state index contributed by atoms with van der Waals surface area (Å²) in [5.74, 6) is 1.93. The maximum atomic E-state index is 12.6. The van der Waals surface area contributed by atoms with Gasteiger partial charge in [0.15, 0.2) is 0 Å². The molecule has 4 aromatic rings.